The molecule has 2 rings (SSSR count). The van der Waals surface area contributed by atoms with E-state index in [-0.39, 0.29) is 5.82 Å². The van der Waals surface area contributed by atoms with Crippen molar-refractivity contribution in [3.05, 3.63) is 71.5 Å². The van der Waals surface area contributed by atoms with Gasteiger partial charge < -0.3 is 16.4 Å². The van der Waals surface area contributed by atoms with Crippen LogP contribution in [0.1, 0.15) is 31.0 Å². The maximum atomic E-state index is 13.0. The molecular weight excluding hydrogens is 321 g/mol. The maximum absolute atomic E-state index is 13.0. The number of urea groups is 1. The molecule has 0 aliphatic carbocycles. The lowest BCUT2D eigenvalue weighted by Gasteiger charge is -2.26. The predicted octanol–water partition coefficient (Wildman–Crippen LogP) is 2.63. The summed E-state index contributed by atoms with van der Waals surface area (Å²) >= 11 is 0. The smallest absolute Gasteiger partial charge is 0.315 e. The molecule has 0 saturated heterocycles. The molecule has 0 radical (unpaired) electrons. The molecule has 0 bridgehead atoms. The van der Waals surface area contributed by atoms with Gasteiger partial charge in [0, 0.05) is 12.0 Å². The van der Waals surface area contributed by atoms with E-state index in [0.29, 0.717) is 12.1 Å². The molecule has 1 atom stereocenters. The molecule has 2 aromatic carbocycles. The van der Waals surface area contributed by atoms with Gasteiger partial charge in [-0.3, -0.25) is 4.79 Å². The molecule has 0 fully saturated rings. The van der Waals surface area contributed by atoms with Crippen LogP contribution in [0, 0.1) is 5.82 Å². The SMILES string of the molecule is CC(C)(CNC(=O)NC(C(N)=O)c1ccccc1)c1ccc(F)cc1. The van der Waals surface area contributed by atoms with Crippen LogP contribution < -0.4 is 16.4 Å². The highest BCUT2D eigenvalue weighted by molar-refractivity contribution is 5.87. The number of carbonyl (C=O) groups is 2. The lowest BCUT2D eigenvalue weighted by molar-refractivity contribution is -0.119. The summed E-state index contributed by atoms with van der Waals surface area (Å²) in [4.78, 5) is 23.8. The summed E-state index contributed by atoms with van der Waals surface area (Å²) in [5, 5.41) is 5.32. The van der Waals surface area contributed by atoms with Crippen molar-refractivity contribution in [3.63, 3.8) is 0 Å². The summed E-state index contributed by atoms with van der Waals surface area (Å²) in [6, 6.07) is 13.5. The van der Waals surface area contributed by atoms with Crippen molar-refractivity contribution in [1.82, 2.24) is 10.6 Å². The summed E-state index contributed by atoms with van der Waals surface area (Å²) in [5.74, 6) is -0.948. The third-order valence-electron chi connectivity index (χ3n) is 4.01. The Morgan fingerprint density at radius 3 is 2.24 bits per heavy atom. The first-order chi connectivity index (χ1) is 11.8. The highest BCUT2D eigenvalue weighted by Crippen LogP contribution is 2.22. The molecule has 25 heavy (non-hydrogen) atoms. The fourth-order valence-electron chi connectivity index (χ4n) is 2.45. The second-order valence-corrected chi connectivity index (χ2v) is 6.46. The molecule has 0 aromatic heterocycles. The van der Waals surface area contributed by atoms with Gasteiger partial charge in [-0.15, -0.1) is 0 Å². The van der Waals surface area contributed by atoms with Crippen molar-refractivity contribution in [3.8, 4) is 0 Å². The Bertz CT molecular complexity index is 730. The zero-order valence-corrected chi connectivity index (χ0v) is 14.3. The number of primary amides is 1. The monoisotopic (exact) mass is 343 g/mol. The van der Waals surface area contributed by atoms with E-state index in [0.717, 1.165) is 5.56 Å². The number of amides is 3. The fourth-order valence-corrected chi connectivity index (χ4v) is 2.45. The van der Waals surface area contributed by atoms with Gasteiger partial charge in [-0.1, -0.05) is 56.3 Å². The standard InChI is InChI=1S/C19H22FN3O2/c1-19(2,14-8-10-15(20)11-9-14)12-22-18(25)23-16(17(21)24)13-6-4-3-5-7-13/h3-11,16H,12H2,1-2H3,(H2,21,24)(H2,22,23,25). The summed E-state index contributed by atoms with van der Waals surface area (Å²) in [7, 11) is 0. The molecular formula is C19H22FN3O2. The molecule has 0 heterocycles. The Labute approximate surface area is 146 Å². The third kappa shape index (κ3) is 5.04. The molecule has 0 spiro atoms. The first-order valence-electron chi connectivity index (χ1n) is 7.94. The molecule has 0 aliphatic rings. The van der Waals surface area contributed by atoms with Crippen LogP contribution in [0.25, 0.3) is 0 Å². The maximum Gasteiger partial charge on any atom is 0.315 e. The minimum atomic E-state index is -0.907. The zero-order valence-electron chi connectivity index (χ0n) is 14.3. The highest BCUT2D eigenvalue weighted by Gasteiger charge is 2.24. The Hall–Kier alpha value is -2.89. The zero-order chi connectivity index (χ0) is 18.4. The molecule has 6 heteroatoms. The topological polar surface area (TPSA) is 84.2 Å². The van der Waals surface area contributed by atoms with E-state index in [4.69, 9.17) is 5.73 Å². The quantitative estimate of drug-likeness (QED) is 0.753. The number of hydrogen-bond donors (Lipinski definition) is 3. The van der Waals surface area contributed by atoms with E-state index < -0.39 is 23.4 Å². The minimum Gasteiger partial charge on any atom is -0.368 e. The molecule has 3 amide bonds. The van der Waals surface area contributed by atoms with Gasteiger partial charge in [0.2, 0.25) is 5.91 Å². The number of nitrogens with two attached hydrogens (primary N) is 1. The molecule has 0 aliphatic heterocycles. The Morgan fingerprint density at radius 1 is 1.08 bits per heavy atom. The first kappa shape index (κ1) is 18.4. The van der Waals surface area contributed by atoms with Crippen LogP contribution in [0.15, 0.2) is 54.6 Å². The second-order valence-electron chi connectivity index (χ2n) is 6.46. The van der Waals surface area contributed by atoms with Crippen molar-refractivity contribution in [2.75, 3.05) is 6.54 Å². The largest absolute Gasteiger partial charge is 0.368 e. The van der Waals surface area contributed by atoms with Crippen molar-refractivity contribution in [1.29, 1.82) is 0 Å². The van der Waals surface area contributed by atoms with Gasteiger partial charge in [-0.05, 0) is 23.3 Å². The highest BCUT2D eigenvalue weighted by atomic mass is 19.1. The van der Waals surface area contributed by atoms with Crippen LogP contribution in [0.2, 0.25) is 0 Å². The van der Waals surface area contributed by atoms with E-state index in [9.17, 15) is 14.0 Å². The first-order valence-corrected chi connectivity index (χ1v) is 7.94. The average Bonchev–Trinajstić information content (AvgIpc) is 2.59. The van der Waals surface area contributed by atoms with E-state index >= 15 is 0 Å². The van der Waals surface area contributed by atoms with E-state index in [1.54, 1.807) is 36.4 Å². The number of halogens is 1. The lowest BCUT2D eigenvalue weighted by atomic mass is 9.84. The number of nitrogens with one attached hydrogen (secondary N) is 2. The molecule has 132 valence electrons. The number of benzene rings is 2. The van der Waals surface area contributed by atoms with Gasteiger partial charge in [0.05, 0.1) is 0 Å². The Kier molecular flexibility index (Phi) is 5.75. The van der Waals surface area contributed by atoms with E-state index in [2.05, 4.69) is 10.6 Å². The van der Waals surface area contributed by atoms with Crippen molar-refractivity contribution in [2.45, 2.75) is 25.3 Å². The fraction of sp³-hybridized carbons (Fsp3) is 0.263. The van der Waals surface area contributed by atoms with Crippen LogP contribution in [-0.2, 0) is 10.2 Å². The van der Waals surface area contributed by atoms with Gasteiger partial charge in [0.25, 0.3) is 0 Å². The van der Waals surface area contributed by atoms with Crippen molar-refractivity contribution < 1.29 is 14.0 Å². The van der Waals surface area contributed by atoms with Crippen LogP contribution in [-0.4, -0.2) is 18.5 Å². The van der Waals surface area contributed by atoms with Crippen molar-refractivity contribution in [2.24, 2.45) is 5.73 Å². The van der Waals surface area contributed by atoms with Gasteiger partial charge in [0.1, 0.15) is 11.9 Å². The van der Waals surface area contributed by atoms with Crippen LogP contribution in [0.3, 0.4) is 0 Å². The molecule has 5 nitrogen and oxygen atoms in total. The molecule has 0 saturated carbocycles. The summed E-state index contributed by atoms with van der Waals surface area (Å²) in [5.41, 5.74) is 6.49. The average molecular weight is 343 g/mol. The van der Waals surface area contributed by atoms with Gasteiger partial charge in [-0.25, -0.2) is 9.18 Å². The van der Waals surface area contributed by atoms with Crippen LogP contribution in [0.5, 0.6) is 0 Å². The number of hydrogen-bond acceptors (Lipinski definition) is 2. The van der Waals surface area contributed by atoms with Gasteiger partial charge >= 0.3 is 6.03 Å². The Balaban J connectivity index is 1.99. The summed E-state index contributed by atoms with van der Waals surface area (Å²) < 4.78 is 13.0. The molecule has 2 aromatic rings. The minimum absolute atomic E-state index is 0.308. The molecule has 1 unspecified atom stereocenters. The normalized spacial score (nSPS) is 12.3. The Morgan fingerprint density at radius 2 is 1.68 bits per heavy atom. The summed E-state index contributed by atoms with van der Waals surface area (Å²) in [6.45, 7) is 4.18. The van der Waals surface area contributed by atoms with Gasteiger partial charge in [0.15, 0.2) is 0 Å². The third-order valence-corrected chi connectivity index (χ3v) is 4.01. The predicted molar refractivity (Wildman–Crippen MR) is 94.3 cm³/mol. The second kappa shape index (κ2) is 7.79. The van der Waals surface area contributed by atoms with E-state index in [1.807, 2.05) is 19.9 Å². The van der Waals surface area contributed by atoms with Crippen molar-refractivity contribution >= 4 is 11.9 Å². The number of carbonyl (C=O) groups excluding carboxylic acids is 2. The summed E-state index contributed by atoms with van der Waals surface area (Å²) in [6.07, 6.45) is 0. The van der Waals surface area contributed by atoms with Gasteiger partial charge in [-0.2, -0.15) is 0 Å². The molecule has 4 N–H and O–H groups in total. The van der Waals surface area contributed by atoms with Crippen LogP contribution in [0.4, 0.5) is 9.18 Å². The number of rotatable bonds is 6. The van der Waals surface area contributed by atoms with Crippen LogP contribution >= 0.6 is 0 Å². The van der Waals surface area contributed by atoms with E-state index in [1.165, 1.54) is 12.1 Å². The lowest BCUT2D eigenvalue weighted by Crippen LogP contribution is -2.46.